The highest BCUT2D eigenvalue weighted by molar-refractivity contribution is 6.92. The number of Topliss-reactive ketones (excluding diaryl/α,β-unsaturated/α-hetero) is 2. The van der Waals surface area contributed by atoms with Gasteiger partial charge in [-0.1, -0.05) is 48.5 Å². The first-order chi connectivity index (χ1) is 14.8. The third-order valence-corrected chi connectivity index (χ3v) is 8.34. The maximum absolute atomic E-state index is 14.1. The van der Waals surface area contributed by atoms with Crippen molar-refractivity contribution in [1.82, 2.24) is 10.6 Å². The van der Waals surface area contributed by atoms with Gasteiger partial charge in [0.25, 0.3) is 0 Å². The molecular weight excluding hydrogens is 401 g/mol. The zero-order chi connectivity index (χ0) is 25.4. The van der Waals surface area contributed by atoms with Crippen LogP contribution in [-0.4, -0.2) is 73.3 Å². The SMILES string of the molecule is BBC(NC(O)(CC)CC)C(=O)C(CC)(CC)C(C)(CC)NC(B)C(=O)C(O)(CC)CC. The Morgan fingerprint density at radius 3 is 1.59 bits per heavy atom. The Bertz CT molecular complexity index is 608. The predicted octanol–water partition coefficient (Wildman–Crippen LogP) is 0.609. The number of aliphatic hydroxyl groups is 2. The third-order valence-electron chi connectivity index (χ3n) is 8.34. The molecule has 9 heteroatoms. The minimum absolute atomic E-state index is 0.0723. The number of rotatable bonds is 17. The van der Waals surface area contributed by atoms with E-state index >= 15 is 0 Å². The second-order valence-electron chi connectivity index (χ2n) is 9.65. The molecule has 0 saturated carbocycles. The molecule has 0 heterocycles. The lowest BCUT2D eigenvalue weighted by Crippen LogP contribution is -2.68. The minimum Gasteiger partial charge on any atom is -0.382 e. The van der Waals surface area contributed by atoms with E-state index in [0.29, 0.717) is 52.1 Å². The molecule has 3 atom stereocenters. The van der Waals surface area contributed by atoms with Gasteiger partial charge in [-0.25, -0.2) is 0 Å². The third kappa shape index (κ3) is 6.28. The summed E-state index contributed by atoms with van der Waals surface area (Å²) in [5.74, 6) is -1.23. The van der Waals surface area contributed by atoms with Gasteiger partial charge < -0.3 is 15.5 Å². The molecule has 0 aliphatic carbocycles. The maximum Gasteiger partial charge on any atom is 0.172 e. The monoisotopic (exact) mass is 450 g/mol. The molecule has 0 aliphatic heterocycles. The topological polar surface area (TPSA) is 98.7 Å². The predicted molar refractivity (Wildman–Crippen MR) is 141 cm³/mol. The average Bonchev–Trinajstić information content (AvgIpc) is 2.81. The summed E-state index contributed by atoms with van der Waals surface area (Å²) in [4.78, 5) is 27.2. The first kappa shape index (κ1) is 31.4. The van der Waals surface area contributed by atoms with Crippen LogP contribution in [0.1, 0.15) is 100 Å². The van der Waals surface area contributed by atoms with Crippen LogP contribution in [0, 0.1) is 5.41 Å². The van der Waals surface area contributed by atoms with E-state index in [0.717, 1.165) is 0 Å². The molecule has 184 valence electrons. The van der Waals surface area contributed by atoms with Crippen molar-refractivity contribution in [2.45, 2.75) is 129 Å². The molecule has 0 radical (unpaired) electrons. The fourth-order valence-corrected chi connectivity index (χ4v) is 5.24. The fourth-order valence-electron chi connectivity index (χ4n) is 5.24. The first-order valence-corrected chi connectivity index (χ1v) is 12.9. The quantitative estimate of drug-likeness (QED) is 0.192. The zero-order valence-corrected chi connectivity index (χ0v) is 22.5. The van der Waals surface area contributed by atoms with Crippen LogP contribution in [0.25, 0.3) is 0 Å². The molecular formula is C23H49B3N2O4. The second kappa shape index (κ2) is 12.7. The van der Waals surface area contributed by atoms with Crippen molar-refractivity contribution in [2.75, 3.05) is 0 Å². The highest BCUT2D eigenvalue weighted by Gasteiger charge is 2.53. The van der Waals surface area contributed by atoms with Gasteiger partial charge >= 0.3 is 0 Å². The standard InChI is InChI=1S/C23H49B3N2O4/c1-9-20(8,27-18(24)16(29)22(31,12-4)13-5)21(10-2,11-3)17(30)19(26-25)28-23(32,14-6)15-7/h18-19,26-28,31-32H,9-15,24-25H2,1-8H3. The van der Waals surface area contributed by atoms with Crippen molar-refractivity contribution in [2.24, 2.45) is 5.41 Å². The summed E-state index contributed by atoms with van der Waals surface area (Å²) in [5, 5.41) is 28.4. The molecule has 0 aromatic heterocycles. The van der Waals surface area contributed by atoms with Crippen LogP contribution in [-0.2, 0) is 9.59 Å². The number of carbonyl (C=O) groups excluding carboxylic acids is 2. The number of nitrogens with one attached hydrogen (secondary N) is 2. The lowest BCUT2D eigenvalue weighted by molar-refractivity contribution is -0.142. The summed E-state index contributed by atoms with van der Waals surface area (Å²) in [7, 11) is 4.32. The normalized spacial score (nSPS) is 16.8. The Hall–Kier alpha value is -0.625. The van der Waals surface area contributed by atoms with E-state index in [1.807, 2.05) is 63.1 Å². The van der Waals surface area contributed by atoms with Crippen LogP contribution in [0.15, 0.2) is 0 Å². The minimum atomic E-state index is -1.36. The first-order valence-electron chi connectivity index (χ1n) is 12.9. The molecule has 3 unspecified atom stereocenters. The van der Waals surface area contributed by atoms with Crippen molar-refractivity contribution in [3.63, 3.8) is 0 Å². The summed E-state index contributed by atoms with van der Waals surface area (Å²) in [6.07, 6.45) is 3.62. The Labute approximate surface area is 199 Å². The van der Waals surface area contributed by atoms with Crippen LogP contribution < -0.4 is 10.6 Å². The van der Waals surface area contributed by atoms with Gasteiger partial charge in [-0.05, 0) is 51.9 Å². The van der Waals surface area contributed by atoms with Crippen molar-refractivity contribution >= 4 is 34.3 Å². The van der Waals surface area contributed by atoms with Gasteiger partial charge in [0.1, 0.15) is 32.1 Å². The number of carbonyl (C=O) groups is 2. The molecule has 4 N–H and O–H groups in total. The maximum atomic E-state index is 14.1. The second-order valence-corrected chi connectivity index (χ2v) is 9.65. The van der Waals surface area contributed by atoms with E-state index in [-0.39, 0.29) is 11.6 Å². The molecule has 0 fully saturated rings. The molecule has 0 bridgehead atoms. The Kier molecular flexibility index (Phi) is 12.5. The van der Waals surface area contributed by atoms with Gasteiger partial charge in [-0.2, -0.15) is 0 Å². The summed E-state index contributed by atoms with van der Waals surface area (Å²) in [5.41, 5.74) is -3.83. The lowest BCUT2D eigenvalue weighted by atomic mass is 9.45. The Morgan fingerprint density at radius 1 is 0.812 bits per heavy atom. The molecule has 0 saturated heterocycles. The summed E-state index contributed by atoms with van der Waals surface area (Å²) < 4.78 is 0. The van der Waals surface area contributed by atoms with Crippen LogP contribution in [0.4, 0.5) is 0 Å². The van der Waals surface area contributed by atoms with Crippen molar-refractivity contribution in [3.8, 4) is 0 Å². The smallest absolute Gasteiger partial charge is 0.172 e. The molecule has 0 aromatic carbocycles. The molecule has 0 rings (SSSR count). The van der Waals surface area contributed by atoms with Gasteiger partial charge in [-0.15, -0.1) is 0 Å². The van der Waals surface area contributed by atoms with Crippen molar-refractivity contribution in [3.05, 3.63) is 0 Å². The van der Waals surface area contributed by atoms with Crippen LogP contribution in [0.2, 0.25) is 0 Å². The van der Waals surface area contributed by atoms with E-state index in [1.165, 1.54) is 0 Å². The summed E-state index contributed by atoms with van der Waals surface area (Å²) >= 11 is 0. The van der Waals surface area contributed by atoms with E-state index in [4.69, 9.17) is 0 Å². The lowest BCUT2D eigenvalue weighted by Gasteiger charge is -2.51. The van der Waals surface area contributed by atoms with Crippen LogP contribution >= 0.6 is 0 Å². The highest BCUT2D eigenvalue weighted by atomic mass is 16.3. The number of ketones is 2. The van der Waals surface area contributed by atoms with E-state index in [9.17, 15) is 19.8 Å². The molecule has 0 spiro atoms. The Morgan fingerprint density at radius 2 is 1.28 bits per heavy atom. The number of hydrogen-bond acceptors (Lipinski definition) is 6. The average molecular weight is 450 g/mol. The Balaban J connectivity index is 6.23. The van der Waals surface area contributed by atoms with Crippen LogP contribution in [0.3, 0.4) is 0 Å². The number of hydrogen-bond donors (Lipinski definition) is 4. The van der Waals surface area contributed by atoms with Gasteiger partial charge in [0, 0.05) is 22.8 Å². The fraction of sp³-hybridized carbons (Fsp3) is 0.913. The van der Waals surface area contributed by atoms with Crippen LogP contribution in [0.5, 0.6) is 0 Å². The molecule has 0 aliphatic rings. The molecule has 0 amide bonds. The van der Waals surface area contributed by atoms with E-state index in [2.05, 4.69) is 10.6 Å². The van der Waals surface area contributed by atoms with Gasteiger partial charge in [0.15, 0.2) is 5.78 Å². The largest absolute Gasteiger partial charge is 0.382 e. The van der Waals surface area contributed by atoms with Gasteiger partial charge in [0.2, 0.25) is 0 Å². The van der Waals surface area contributed by atoms with E-state index in [1.54, 1.807) is 7.85 Å². The molecule has 6 nitrogen and oxygen atoms in total. The van der Waals surface area contributed by atoms with Crippen molar-refractivity contribution in [1.29, 1.82) is 0 Å². The highest BCUT2D eigenvalue weighted by Crippen LogP contribution is 2.43. The molecule has 0 aromatic rings. The molecule has 32 heavy (non-hydrogen) atoms. The van der Waals surface area contributed by atoms with Gasteiger partial charge in [0.05, 0.1) is 7.74 Å². The summed E-state index contributed by atoms with van der Waals surface area (Å²) in [6.45, 7) is 15.6. The van der Waals surface area contributed by atoms with E-state index < -0.39 is 34.2 Å². The van der Waals surface area contributed by atoms with Crippen molar-refractivity contribution < 1.29 is 19.8 Å². The summed E-state index contributed by atoms with van der Waals surface area (Å²) in [6, 6.07) is 0. The van der Waals surface area contributed by atoms with Gasteiger partial charge in [-0.3, -0.25) is 14.9 Å². The zero-order valence-electron chi connectivity index (χ0n) is 22.5.